The second-order valence-corrected chi connectivity index (χ2v) is 7.37. The molecule has 1 amide bonds. The summed E-state index contributed by atoms with van der Waals surface area (Å²) in [6.45, 7) is 11.3. The van der Waals surface area contributed by atoms with Gasteiger partial charge in [0.05, 0.1) is 0 Å². The highest BCUT2D eigenvalue weighted by atomic mass is 16.2. The Labute approximate surface area is 163 Å². The zero-order valence-corrected chi connectivity index (χ0v) is 17.3. The third-order valence-corrected chi connectivity index (χ3v) is 5.40. The minimum absolute atomic E-state index is 0.282. The van der Waals surface area contributed by atoms with Gasteiger partial charge in [-0.15, -0.1) is 0 Å². The molecule has 0 fully saturated rings. The van der Waals surface area contributed by atoms with E-state index in [0.717, 1.165) is 5.56 Å². The molecule has 4 nitrogen and oxygen atoms in total. The van der Waals surface area contributed by atoms with Gasteiger partial charge in [-0.1, -0.05) is 43.3 Å². The molecule has 0 aliphatic carbocycles. The predicted molar refractivity (Wildman–Crippen MR) is 113 cm³/mol. The Kier molecular flexibility index (Phi) is 6.81. The Morgan fingerprint density at radius 3 is 2.19 bits per heavy atom. The molecular weight excluding hydrogens is 334 g/mol. The SMILES string of the molecule is Cc1cc(C)c(C)c(/C=C(\C(=O)NN)N(C)CC(C)c2ccccc2)c1C. The molecule has 0 bridgehead atoms. The summed E-state index contributed by atoms with van der Waals surface area (Å²) in [5.74, 6) is 5.48. The number of likely N-dealkylation sites (N-methyl/N-ethyl adjacent to an activating group) is 1. The van der Waals surface area contributed by atoms with Crippen molar-refractivity contribution in [1.82, 2.24) is 10.3 Å². The lowest BCUT2D eigenvalue weighted by Gasteiger charge is -2.26. The highest BCUT2D eigenvalue weighted by molar-refractivity contribution is 5.97. The van der Waals surface area contributed by atoms with Gasteiger partial charge in [0, 0.05) is 13.6 Å². The summed E-state index contributed by atoms with van der Waals surface area (Å²) < 4.78 is 0. The number of hydrogen-bond acceptors (Lipinski definition) is 3. The fourth-order valence-corrected chi connectivity index (χ4v) is 3.42. The van der Waals surface area contributed by atoms with E-state index in [9.17, 15) is 4.79 Å². The van der Waals surface area contributed by atoms with Crippen LogP contribution in [0.25, 0.3) is 6.08 Å². The van der Waals surface area contributed by atoms with E-state index >= 15 is 0 Å². The second kappa shape index (κ2) is 8.87. The number of benzene rings is 2. The third-order valence-electron chi connectivity index (χ3n) is 5.40. The van der Waals surface area contributed by atoms with Crippen LogP contribution >= 0.6 is 0 Å². The summed E-state index contributed by atoms with van der Waals surface area (Å²) in [6.07, 6.45) is 1.96. The van der Waals surface area contributed by atoms with Gasteiger partial charge in [0.1, 0.15) is 5.70 Å². The number of rotatable bonds is 6. The van der Waals surface area contributed by atoms with Gasteiger partial charge in [0.15, 0.2) is 0 Å². The molecule has 27 heavy (non-hydrogen) atoms. The number of hydrazine groups is 1. The van der Waals surface area contributed by atoms with Gasteiger partial charge in [0.25, 0.3) is 5.91 Å². The largest absolute Gasteiger partial charge is 0.369 e. The van der Waals surface area contributed by atoms with Gasteiger partial charge in [-0.25, -0.2) is 5.84 Å². The molecule has 0 saturated carbocycles. The maximum absolute atomic E-state index is 12.5. The van der Waals surface area contributed by atoms with E-state index in [4.69, 9.17) is 5.84 Å². The van der Waals surface area contributed by atoms with Gasteiger partial charge in [-0.2, -0.15) is 0 Å². The first-order valence-electron chi connectivity index (χ1n) is 9.32. The normalized spacial score (nSPS) is 12.6. The van der Waals surface area contributed by atoms with Gasteiger partial charge in [0.2, 0.25) is 0 Å². The lowest BCUT2D eigenvalue weighted by molar-refractivity contribution is -0.118. The number of nitrogens with two attached hydrogens (primary N) is 1. The Bertz CT molecular complexity index is 814. The van der Waals surface area contributed by atoms with Crippen LogP contribution in [0.3, 0.4) is 0 Å². The third kappa shape index (κ3) is 4.77. The van der Waals surface area contributed by atoms with Crippen LogP contribution in [-0.2, 0) is 4.79 Å². The van der Waals surface area contributed by atoms with Crippen LogP contribution < -0.4 is 11.3 Å². The maximum Gasteiger partial charge on any atom is 0.281 e. The Balaban J connectivity index is 2.41. The van der Waals surface area contributed by atoms with Crippen LogP contribution in [0, 0.1) is 27.7 Å². The molecule has 1 atom stereocenters. The van der Waals surface area contributed by atoms with Crippen molar-refractivity contribution < 1.29 is 4.79 Å². The average Bonchev–Trinajstić information content (AvgIpc) is 2.66. The number of aryl methyl sites for hydroxylation is 2. The van der Waals surface area contributed by atoms with E-state index in [1.807, 2.05) is 36.2 Å². The van der Waals surface area contributed by atoms with Gasteiger partial charge in [-0.3, -0.25) is 10.2 Å². The van der Waals surface area contributed by atoms with Crippen molar-refractivity contribution in [2.75, 3.05) is 13.6 Å². The topological polar surface area (TPSA) is 58.4 Å². The van der Waals surface area contributed by atoms with E-state index in [1.165, 1.54) is 27.8 Å². The van der Waals surface area contributed by atoms with Crippen molar-refractivity contribution in [3.63, 3.8) is 0 Å². The first kappa shape index (κ1) is 20.7. The summed E-state index contributed by atoms with van der Waals surface area (Å²) >= 11 is 0. The molecule has 4 heteroatoms. The lowest BCUT2D eigenvalue weighted by atomic mass is 9.93. The fraction of sp³-hybridized carbons (Fsp3) is 0.348. The van der Waals surface area contributed by atoms with Crippen LogP contribution in [0.1, 0.15) is 46.2 Å². The van der Waals surface area contributed by atoms with Crippen LogP contribution in [0.15, 0.2) is 42.1 Å². The van der Waals surface area contributed by atoms with E-state index < -0.39 is 0 Å². The molecule has 2 aromatic rings. The van der Waals surface area contributed by atoms with Crippen LogP contribution in [0.5, 0.6) is 0 Å². The molecule has 0 aliphatic heterocycles. The monoisotopic (exact) mass is 365 g/mol. The van der Waals surface area contributed by atoms with Gasteiger partial charge >= 0.3 is 0 Å². The van der Waals surface area contributed by atoms with E-state index in [2.05, 4.69) is 58.2 Å². The second-order valence-electron chi connectivity index (χ2n) is 7.37. The zero-order chi connectivity index (χ0) is 20.1. The Morgan fingerprint density at radius 1 is 1.11 bits per heavy atom. The molecule has 2 aromatic carbocycles. The molecule has 0 aromatic heterocycles. The molecule has 0 radical (unpaired) electrons. The van der Waals surface area contributed by atoms with E-state index in [0.29, 0.717) is 12.2 Å². The highest BCUT2D eigenvalue weighted by Crippen LogP contribution is 2.25. The van der Waals surface area contributed by atoms with Crippen molar-refractivity contribution >= 4 is 12.0 Å². The molecule has 0 aliphatic rings. The van der Waals surface area contributed by atoms with Gasteiger partial charge < -0.3 is 4.90 Å². The summed E-state index contributed by atoms with van der Waals surface area (Å²) in [6, 6.07) is 12.5. The van der Waals surface area contributed by atoms with Crippen molar-refractivity contribution in [3.8, 4) is 0 Å². The van der Waals surface area contributed by atoms with Crippen molar-refractivity contribution in [2.24, 2.45) is 5.84 Å². The van der Waals surface area contributed by atoms with Crippen molar-refractivity contribution in [1.29, 1.82) is 0 Å². The number of carbonyl (C=O) groups is 1. The summed E-state index contributed by atoms with van der Waals surface area (Å²) in [7, 11) is 1.94. The molecule has 1 unspecified atom stereocenters. The quantitative estimate of drug-likeness (QED) is 0.352. The zero-order valence-electron chi connectivity index (χ0n) is 17.3. The molecule has 0 heterocycles. The standard InChI is InChI=1S/C23H31N3O/c1-15-12-16(2)19(5)21(18(15)4)13-22(23(27)25-24)26(6)14-17(3)20-10-8-7-9-11-20/h7-13,17H,14,24H2,1-6H3,(H,25,27)/b22-13+. The average molecular weight is 366 g/mol. The molecule has 2 rings (SSSR count). The van der Waals surface area contributed by atoms with E-state index in [1.54, 1.807) is 0 Å². The molecule has 0 spiro atoms. The van der Waals surface area contributed by atoms with Crippen molar-refractivity contribution in [3.05, 3.63) is 75.5 Å². The Hall–Kier alpha value is -2.59. The summed E-state index contributed by atoms with van der Waals surface area (Å²) in [5.41, 5.74) is 10.0. The summed E-state index contributed by atoms with van der Waals surface area (Å²) in [5, 5.41) is 0. The number of carbonyl (C=O) groups excluding carboxylic acids is 1. The number of amides is 1. The van der Waals surface area contributed by atoms with E-state index in [-0.39, 0.29) is 11.8 Å². The molecule has 3 N–H and O–H groups in total. The Morgan fingerprint density at radius 2 is 1.67 bits per heavy atom. The predicted octanol–water partition coefficient (Wildman–Crippen LogP) is 3.99. The van der Waals surface area contributed by atoms with Gasteiger partial charge in [-0.05, 0) is 73.1 Å². The molecular formula is C23H31N3O. The lowest BCUT2D eigenvalue weighted by Crippen LogP contribution is -2.38. The number of nitrogens with zero attached hydrogens (tertiary/aromatic N) is 1. The highest BCUT2D eigenvalue weighted by Gasteiger charge is 2.18. The number of nitrogens with one attached hydrogen (secondary N) is 1. The van der Waals surface area contributed by atoms with Crippen LogP contribution in [-0.4, -0.2) is 24.4 Å². The van der Waals surface area contributed by atoms with Crippen LogP contribution in [0.4, 0.5) is 0 Å². The van der Waals surface area contributed by atoms with Crippen LogP contribution in [0.2, 0.25) is 0 Å². The first-order chi connectivity index (χ1) is 12.8. The minimum atomic E-state index is -0.282. The number of hydrogen-bond donors (Lipinski definition) is 2. The molecule has 144 valence electrons. The fourth-order valence-electron chi connectivity index (χ4n) is 3.42. The minimum Gasteiger partial charge on any atom is -0.369 e. The van der Waals surface area contributed by atoms with Crippen molar-refractivity contribution in [2.45, 2.75) is 40.5 Å². The first-order valence-corrected chi connectivity index (χ1v) is 9.32. The smallest absolute Gasteiger partial charge is 0.281 e. The maximum atomic E-state index is 12.5. The molecule has 0 saturated heterocycles. The summed E-state index contributed by atoms with van der Waals surface area (Å²) in [4.78, 5) is 14.5.